The lowest BCUT2D eigenvalue weighted by atomic mass is 10.1. The Morgan fingerprint density at radius 2 is 1.69 bits per heavy atom. The third-order valence-electron chi connectivity index (χ3n) is 4.62. The van der Waals surface area contributed by atoms with Crippen LogP contribution in [0.3, 0.4) is 0 Å². The number of anilines is 1. The maximum atomic E-state index is 4.77. The van der Waals surface area contributed by atoms with Crippen LogP contribution in [0.5, 0.6) is 0 Å². The number of aromatic nitrogens is 4. The van der Waals surface area contributed by atoms with Crippen molar-refractivity contribution in [1.82, 2.24) is 19.8 Å². The van der Waals surface area contributed by atoms with E-state index < -0.39 is 0 Å². The van der Waals surface area contributed by atoms with E-state index in [9.17, 15) is 0 Å². The first-order valence-corrected chi connectivity index (χ1v) is 9.66. The van der Waals surface area contributed by atoms with Crippen molar-refractivity contribution in [3.8, 4) is 22.0 Å². The molecule has 0 N–H and O–H groups in total. The van der Waals surface area contributed by atoms with Gasteiger partial charge in [-0.25, -0.2) is 0 Å². The van der Waals surface area contributed by atoms with Crippen molar-refractivity contribution in [2.75, 3.05) is 18.0 Å². The summed E-state index contributed by atoms with van der Waals surface area (Å²) in [6, 6.07) is 16.8. The molecule has 0 fully saturated rings. The van der Waals surface area contributed by atoms with Crippen LogP contribution in [0.15, 0.2) is 48.5 Å². The van der Waals surface area contributed by atoms with Gasteiger partial charge in [-0.15, -0.1) is 10.2 Å². The van der Waals surface area contributed by atoms with Gasteiger partial charge in [-0.05, 0) is 50.6 Å². The largest absolute Gasteiger partial charge is 0.372 e. The molecule has 0 saturated carbocycles. The maximum absolute atomic E-state index is 4.77. The second-order valence-electron chi connectivity index (χ2n) is 6.16. The molecule has 4 rings (SSSR count). The van der Waals surface area contributed by atoms with Crippen LogP contribution in [0.2, 0.25) is 0 Å². The zero-order valence-corrected chi connectivity index (χ0v) is 16.0. The lowest BCUT2D eigenvalue weighted by Crippen LogP contribution is -2.21. The van der Waals surface area contributed by atoms with Crippen LogP contribution in [0.25, 0.3) is 26.9 Å². The Morgan fingerprint density at radius 3 is 2.38 bits per heavy atom. The van der Waals surface area contributed by atoms with Gasteiger partial charge in [0, 0.05) is 29.9 Å². The first-order chi connectivity index (χ1) is 12.7. The van der Waals surface area contributed by atoms with Crippen LogP contribution in [-0.4, -0.2) is 32.9 Å². The molecular weight excluding hydrogens is 342 g/mol. The molecule has 6 heteroatoms. The van der Waals surface area contributed by atoms with Crippen molar-refractivity contribution in [3.63, 3.8) is 0 Å². The number of aryl methyl sites for hydroxylation is 1. The predicted octanol–water partition coefficient (Wildman–Crippen LogP) is 4.67. The standard InChI is InChI=1S/C20H21N5S/c1-4-24(5-2)16-12-10-15(11-13-16)19-23-25-18(21-22-20(25)26-19)17-9-7-6-8-14(17)3/h6-13H,4-5H2,1-3H3. The summed E-state index contributed by atoms with van der Waals surface area (Å²) in [7, 11) is 0. The van der Waals surface area contributed by atoms with Crippen molar-refractivity contribution in [2.24, 2.45) is 0 Å². The highest BCUT2D eigenvalue weighted by Gasteiger charge is 2.15. The number of benzene rings is 2. The summed E-state index contributed by atoms with van der Waals surface area (Å²) >= 11 is 1.56. The van der Waals surface area contributed by atoms with E-state index in [1.54, 1.807) is 11.3 Å². The lowest BCUT2D eigenvalue weighted by molar-refractivity contribution is 0.866. The molecule has 132 valence electrons. The summed E-state index contributed by atoms with van der Waals surface area (Å²) in [4.78, 5) is 3.14. The van der Waals surface area contributed by atoms with E-state index in [1.165, 1.54) is 11.3 Å². The van der Waals surface area contributed by atoms with Gasteiger partial charge in [0.1, 0.15) is 5.01 Å². The zero-order chi connectivity index (χ0) is 18.1. The van der Waals surface area contributed by atoms with Crippen molar-refractivity contribution >= 4 is 22.0 Å². The van der Waals surface area contributed by atoms with E-state index in [-0.39, 0.29) is 0 Å². The molecule has 2 aromatic heterocycles. The summed E-state index contributed by atoms with van der Waals surface area (Å²) in [5.74, 6) is 0.792. The maximum Gasteiger partial charge on any atom is 0.235 e. The molecule has 5 nitrogen and oxygen atoms in total. The second kappa shape index (κ2) is 6.88. The lowest BCUT2D eigenvalue weighted by Gasteiger charge is -2.20. The van der Waals surface area contributed by atoms with E-state index in [1.807, 2.05) is 16.6 Å². The topological polar surface area (TPSA) is 46.3 Å². The average Bonchev–Trinajstić information content (AvgIpc) is 3.25. The highest BCUT2D eigenvalue weighted by Crippen LogP contribution is 2.30. The fourth-order valence-corrected chi connectivity index (χ4v) is 3.97. The molecule has 0 atom stereocenters. The fourth-order valence-electron chi connectivity index (χ4n) is 3.13. The number of nitrogens with zero attached hydrogens (tertiary/aromatic N) is 5. The van der Waals surface area contributed by atoms with Gasteiger partial charge in [-0.2, -0.15) is 9.61 Å². The van der Waals surface area contributed by atoms with Crippen LogP contribution >= 0.6 is 11.3 Å². The van der Waals surface area contributed by atoms with Gasteiger partial charge < -0.3 is 4.90 Å². The summed E-state index contributed by atoms with van der Waals surface area (Å²) in [5.41, 5.74) is 4.57. The predicted molar refractivity (Wildman–Crippen MR) is 108 cm³/mol. The van der Waals surface area contributed by atoms with Crippen molar-refractivity contribution in [1.29, 1.82) is 0 Å². The van der Waals surface area contributed by atoms with Gasteiger partial charge in [-0.1, -0.05) is 35.6 Å². The van der Waals surface area contributed by atoms with Gasteiger partial charge in [0.15, 0.2) is 5.82 Å². The third kappa shape index (κ3) is 2.86. The summed E-state index contributed by atoms with van der Waals surface area (Å²) < 4.78 is 1.85. The molecule has 2 aromatic carbocycles. The quantitative estimate of drug-likeness (QED) is 0.517. The number of hydrogen-bond acceptors (Lipinski definition) is 5. The molecule has 0 aliphatic heterocycles. The molecule has 0 aliphatic carbocycles. The van der Waals surface area contributed by atoms with Gasteiger partial charge in [-0.3, -0.25) is 0 Å². The smallest absolute Gasteiger partial charge is 0.235 e. The Labute approximate surface area is 156 Å². The highest BCUT2D eigenvalue weighted by atomic mass is 32.1. The monoisotopic (exact) mass is 363 g/mol. The Hall–Kier alpha value is -2.73. The van der Waals surface area contributed by atoms with Crippen LogP contribution < -0.4 is 4.90 Å². The molecule has 0 saturated heterocycles. The van der Waals surface area contributed by atoms with E-state index >= 15 is 0 Å². The minimum absolute atomic E-state index is 0.792. The first-order valence-electron chi connectivity index (χ1n) is 8.85. The molecule has 26 heavy (non-hydrogen) atoms. The van der Waals surface area contributed by atoms with E-state index in [0.717, 1.165) is 40.0 Å². The zero-order valence-electron chi connectivity index (χ0n) is 15.2. The third-order valence-corrected chi connectivity index (χ3v) is 5.57. The normalized spacial score (nSPS) is 11.2. The number of hydrogen-bond donors (Lipinski definition) is 0. The molecule has 2 heterocycles. The first kappa shape index (κ1) is 16.7. The van der Waals surface area contributed by atoms with E-state index in [4.69, 9.17) is 5.10 Å². The van der Waals surface area contributed by atoms with Gasteiger partial charge in [0.05, 0.1) is 0 Å². The van der Waals surface area contributed by atoms with Crippen LogP contribution in [0, 0.1) is 6.92 Å². The van der Waals surface area contributed by atoms with Gasteiger partial charge >= 0.3 is 0 Å². The van der Waals surface area contributed by atoms with Crippen molar-refractivity contribution in [3.05, 3.63) is 54.1 Å². The molecule has 0 spiro atoms. The molecule has 0 radical (unpaired) electrons. The Balaban J connectivity index is 1.72. The Kier molecular flexibility index (Phi) is 4.42. The molecule has 4 aromatic rings. The SMILES string of the molecule is CCN(CC)c1ccc(-c2nn3c(-c4ccccc4C)nnc3s2)cc1. The minimum atomic E-state index is 0.792. The summed E-state index contributed by atoms with van der Waals surface area (Å²) in [6.45, 7) is 8.44. The van der Waals surface area contributed by atoms with Crippen LogP contribution in [-0.2, 0) is 0 Å². The molecular formula is C20H21N5S. The second-order valence-corrected chi connectivity index (χ2v) is 7.12. The van der Waals surface area contributed by atoms with Crippen molar-refractivity contribution < 1.29 is 0 Å². The highest BCUT2D eigenvalue weighted by molar-refractivity contribution is 7.19. The fraction of sp³-hybridized carbons (Fsp3) is 0.250. The summed E-state index contributed by atoms with van der Waals surface area (Å²) in [6.07, 6.45) is 0. The number of rotatable bonds is 5. The minimum Gasteiger partial charge on any atom is -0.372 e. The van der Waals surface area contributed by atoms with Gasteiger partial charge in [0.2, 0.25) is 4.96 Å². The van der Waals surface area contributed by atoms with Crippen molar-refractivity contribution in [2.45, 2.75) is 20.8 Å². The van der Waals surface area contributed by atoms with E-state index in [0.29, 0.717) is 0 Å². The number of fused-ring (bicyclic) bond motifs is 1. The van der Waals surface area contributed by atoms with Crippen LogP contribution in [0.4, 0.5) is 5.69 Å². The Bertz CT molecular complexity index is 1030. The molecule has 0 unspecified atom stereocenters. The molecule has 0 aliphatic rings. The molecule has 0 bridgehead atoms. The Morgan fingerprint density at radius 1 is 0.962 bits per heavy atom. The average molecular weight is 363 g/mol. The van der Waals surface area contributed by atoms with E-state index in [2.05, 4.69) is 72.3 Å². The van der Waals surface area contributed by atoms with Crippen LogP contribution in [0.1, 0.15) is 19.4 Å². The van der Waals surface area contributed by atoms with Gasteiger partial charge in [0.25, 0.3) is 0 Å². The molecule has 0 amide bonds. The summed E-state index contributed by atoms with van der Waals surface area (Å²) in [5, 5.41) is 14.4.